The maximum Gasteiger partial charge on any atom is 0.330 e. The van der Waals surface area contributed by atoms with E-state index in [1.165, 1.54) is 6.08 Å². The standard InChI is InChI=1S/C11H19ClO2.H3N/c1-5-9(14-10(13)6-2)11(12,7-3)8-4;/h6,9H,2,5,7-8H2,1,3-4H3;1H3. The highest BCUT2D eigenvalue weighted by molar-refractivity contribution is 6.24. The van der Waals surface area contributed by atoms with Crippen molar-refractivity contribution in [1.29, 1.82) is 0 Å². The van der Waals surface area contributed by atoms with E-state index < -0.39 is 10.8 Å². The molecule has 0 fully saturated rings. The Balaban J connectivity index is 0. The number of halogens is 1. The lowest BCUT2D eigenvalue weighted by atomic mass is 9.93. The molecule has 1 atom stereocenters. The molecule has 0 aromatic carbocycles. The van der Waals surface area contributed by atoms with Gasteiger partial charge in [0.25, 0.3) is 0 Å². The Morgan fingerprint density at radius 1 is 1.47 bits per heavy atom. The summed E-state index contributed by atoms with van der Waals surface area (Å²) in [5, 5.41) is 0. The third-order valence-electron chi connectivity index (χ3n) is 2.55. The lowest BCUT2D eigenvalue weighted by Crippen LogP contribution is -2.38. The van der Waals surface area contributed by atoms with E-state index in [-0.39, 0.29) is 12.3 Å². The van der Waals surface area contributed by atoms with Gasteiger partial charge in [0.2, 0.25) is 0 Å². The summed E-state index contributed by atoms with van der Waals surface area (Å²) in [5.41, 5.74) is 0. The van der Waals surface area contributed by atoms with Crippen LogP contribution in [-0.4, -0.2) is 16.9 Å². The molecule has 0 spiro atoms. The molecule has 0 rings (SSSR count). The molecule has 0 bridgehead atoms. The summed E-state index contributed by atoms with van der Waals surface area (Å²) in [6.45, 7) is 9.33. The lowest BCUT2D eigenvalue weighted by Gasteiger charge is -2.32. The zero-order valence-electron chi connectivity index (χ0n) is 9.88. The highest BCUT2D eigenvalue weighted by atomic mass is 35.5. The Morgan fingerprint density at radius 2 is 1.93 bits per heavy atom. The Hall–Kier alpha value is -0.540. The first kappa shape index (κ1) is 16.9. The van der Waals surface area contributed by atoms with Crippen molar-refractivity contribution < 1.29 is 9.53 Å². The molecule has 15 heavy (non-hydrogen) atoms. The van der Waals surface area contributed by atoms with E-state index in [0.717, 1.165) is 19.3 Å². The quantitative estimate of drug-likeness (QED) is 0.436. The molecule has 0 aromatic heterocycles. The van der Waals surface area contributed by atoms with E-state index in [0.29, 0.717) is 0 Å². The molecule has 4 heteroatoms. The molecule has 90 valence electrons. The topological polar surface area (TPSA) is 61.3 Å². The second-order valence-electron chi connectivity index (χ2n) is 3.28. The van der Waals surface area contributed by atoms with Gasteiger partial charge in [0.05, 0.1) is 4.87 Å². The van der Waals surface area contributed by atoms with Crippen molar-refractivity contribution in [3.63, 3.8) is 0 Å². The summed E-state index contributed by atoms with van der Waals surface area (Å²) < 4.78 is 5.21. The van der Waals surface area contributed by atoms with Crippen LogP contribution in [0.3, 0.4) is 0 Å². The smallest absolute Gasteiger partial charge is 0.330 e. The highest BCUT2D eigenvalue weighted by Crippen LogP contribution is 2.32. The maximum atomic E-state index is 11.1. The van der Waals surface area contributed by atoms with Crippen molar-refractivity contribution in [1.82, 2.24) is 6.15 Å². The van der Waals surface area contributed by atoms with Gasteiger partial charge in [-0.05, 0) is 19.3 Å². The average molecular weight is 236 g/mol. The molecule has 0 saturated carbocycles. The van der Waals surface area contributed by atoms with Gasteiger partial charge in [-0.3, -0.25) is 0 Å². The molecule has 0 saturated heterocycles. The molecular weight excluding hydrogens is 214 g/mol. The zero-order chi connectivity index (χ0) is 11.2. The normalized spacial score (nSPS) is 12.5. The van der Waals surface area contributed by atoms with E-state index in [2.05, 4.69) is 6.58 Å². The van der Waals surface area contributed by atoms with Gasteiger partial charge in [-0.1, -0.05) is 27.4 Å². The first-order chi connectivity index (χ1) is 6.53. The SMILES string of the molecule is C=CC(=O)OC(CC)C(Cl)(CC)CC.N. The first-order valence-electron chi connectivity index (χ1n) is 5.06. The van der Waals surface area contributed by atoms with E-state index >= 15 is 0 Å². The monoisotopic (exact) mass is 235 g/mol. The number of ether oxygens (including phenoxy) is 1. The van der Waals surface area contributed by atoms with Crippen LogP contribution in [0.1, 0.15) is 40.0 Å². The number of hydrogen-bond acceptors (Lipinski definition) is 3. The van der Waals surface area contributed by atoms with Crippen LogP contribution < -0.4 is 6.15 Å². The van der Waals surface area contributed by atoms with Crippen LogP contribution >= 0.6 is 11.6 Å². The second kappa shape index (κ2) is 7.71. The van der Waals surface area contributed by atoms with Crippen molar-refractivity contribution in [2.24, 2.45) is 0 Å². The molecule has 0 aliphatic rings. The van der Waals surface area contributed by atoms with Crippen molar-refractivity contribution in [2.45, 2.75) is 51.0 Å². The largest absolute Gasteiger partial charge is 0.457 e. The predicted molar refractivity (Wildman–Crippen MR) is 64.6 cm³/mol. The van der Waals surface area contributed by atoms with Gasteiger partial charge >= 0.3 is 5.97 Å². The molecular formula is C11H22ClNO2. The van der Waals surface area contributed by atoms with Gasteiger partial charge in [0.15, 0.2) is 0 Å². The molecule has 0 radical (unpaired) electrons. The van der Waals surface area contributed by atoms with Gasteiger partial charge in [-0.2, -0.15) is 0 Å². The predicted octanol–water partition coefficient (Wildman–Crippen LogP) is 3.45. The van der Waals surface area contributed by atoms with Crippen molar-refractivity contribution in [2.75, 3.05) is 0 Å². The fraction of sp³-hybridized carbons (Fsp3) is 0.727. The average Bonchev–Trinajstić information content (AvgIpc) is 2.24. The molecule has 1 unspecified atom stereocenters. The highest BCUT2D eigenvalue weighted by Gasteiger charge is 2.34. The minimum absolute atomic E-state index is 0. The second-order valence-corrected chi connectivity index (χ2v) is 4.03. The third kappa shape index (κ3) is 4.67. The molecule has 0 aromatic rings. The zero-order valence-corrected chi connectivity index (χ0v) is 10.6. The Labute approximate surface area is 97.4 Å². The van der Waals surface area contributed by atoms with Crippen LogP contribution in [-0.2, 0) is 9.53 Å². The number of carbonyl (C=O) groups excluding carboxylic acids is 1. The number of hydrogen-bond donors (Lipinski definition) is 1. The minimum Gasteiger partial charge on any atom is -0.457 e. The summed E-state index contributed by atoms with van der Waals surface area (Å²) >= 11 is 6.36. The fourth-order valence-corrected chi connectivity index (χ4v) is 1.65. The van der Waals surface area contributed by atoms with Gasteiger partial charge in [0.1, 0.15) is 6.10 Å². The van der Waals surface area contributed by atoms with E-state index in [9.17, 15) is 4.79 Å². The third-order valence-corrected chi connectivity index (χ3v) is 3.33. The van der Waals surface area contributed by atoms with Crippen LogP contribution in [0.4, 0.5) is 0 Å². The molecule has 0 aliphatic heterocycles. The Kier molecular flexibility index (Phi) is 8.68. The van der Waals surface area contributed by atoms with Crippen LogP contribution in [0.15, 0.2) is 12.7 Å². The summed E-state index contributed by atoms with van der Waals surface area (Å²) in [6.07, 6.45) is 3.24. The van der Waals surface area contributed by atoms with Crippen molar-refractivity contribution in [3.05, 3.63) is 12.7 Å². The van der Waals surface area contributed by atoms with Crippen molar-refractivity contribution in [3.8, 4) is 0 Å². The van der Waals surface area contributed by atoms with Gasteiger partial charge in [-0.25, -0.2) is 4.79 Å². The number of rotatable bonds is 6. The summed E-state index contributed by atoms with van der Waals surface area (Å²) in [6, 6.07) is 0. The summed E-state index contributed by atoms with van der Waals surface area (Å²) in [7, 11) is 0. The minimum atomic E-state index is -0.437. The fourth-order valence-electron chi connectivity index (χ4n) is 1.45. The maximum absolute atomic E-state index is 11.1. The molecule has 0 aliphatic carbocycles. The van der Waals surface area contributed by atoms with Gasteiger partial charge < -0.3 is 10.9 Å². The number of esters is 1. The van der Waals surface area contributed by atoms with Crippen molar-refractivity contribution >= 4 is 17.6 Å². The van der Waals surface area contributed by atoms with Gasteiger partial charge in [0, 0.05) is 6.08 Å². The molecule has 3 N–H and O–H groups in total. The first-order valence-corrected chi connectivity index (χ1v) is 5.43. The lowest BCUT2D eigenvalue weighted by molar-refractivity contribution is -0.145. The Bertz CT molecular complexity index is 203. The van der Waals surface area contributed by atoms with E-state index in [1.807, 2.05) is 20.8 Å². The Morgan fingerprint density at radius 3 is 2.20 bits per heavy atom. The number of carbonyl (C=O) groups is 1. The van der Waals surface area contributed by atoms with Crippen LogP contribution in [0.25, 0.3) is 0 Å². The summed E-state index contributed by atoms with van der Waals surface area (Å²) in [4.78, 5) is 10.6. The van der Waals surface area contributed by atoms with Crippen LogP contribution in [0.2, 0.25) is 0 Å². The summed E-state index contributed by atoms with van der Waals surface area (Å²) in [5.74, 6) is -0.399. The molecule has 0 amide bonds. The van der Waals surface area contributed by atoms with Gasteiger partial charge in [-0.15, -0.1) is 11.6 Å². The van der Waals surface area contributed by atoms with E-state index in [4.69, 9.17) is 16.3 Å². The van der Waals surface area contributed by atoms with E-state index in [1.54, 1.807) is 0 Å². The molecule has 3 nitrogen and oxygen atoms in total. The van der Waals surface area contributed by atoms with Crippen LogP contribution in [0, 0.1) is 0 Å². The molecule has 0 heterocycles. The van der Waals surface area contributed by atoms with Crippen LogP contribution in [0.5, 0.6) is 0 Å². The number of alkyl halides is 1.